The maximum absolute atomic E-state index is 12.7. The fraction of sp³-hybridized carbons (Fsp3) is 0.292. The van der Waals surface area contributed by atoms with E-state index in [2.05, 4.69) is 21.2 Å². The molecule has 0 bridgehead atoms. The second-order valence-corrected chi connectivity index (χ2v) is 10.3. The summed E-state index contributed by atoms with van der Waals surface area (Å²) in [6.07, 6.45) is 2.61. The average molecular weight is 584 g/mol. The van der Waals surface area contributed by atoms with E-state index in [-0.39, 0.29) is 18.4 Å². The minimum Gasteiger partial charge on any atom is -0.490 e. The molecule has 0 aromatic heterocycles. The Kier molecular flexibility index (Phi) is 9.41. The van der Waals surface area contributed by atoms with Gasteiger partial charge in [-0.2, -0.15) is 0 Å². The first-order valence-electron chi connectivity index (χ1n) is 10.6. The van der Waals surface area contributed by atoms with Crippen LogP contribution in [0.3, 0.4) is 0 Å². The molecule has 0 saturated carbocycles. The van der Waals surface area contributed by atoms with Crippen LogP contribution in [0.1, 0.15) is 31.4 Å². The molecule has 0 radical (unpaired) electrons. The molecule has 2 aromatic rings. The quantitative estimate of drug-likeness (QED) is 0.271. The van der Waals surface area contributed by atoms with Gasteiger partial charge in [0.1, 0.15) is 4.32 Å². The van der Waals surface area contributed by atoms with Crippen molar-refractivity contribution in [2.45, 2.75) is 27.2 Å². The van der Waals surface area contributed by atoms with Crippen LogP contribution < -0.4 is 14.8 Å². The maximum atomic E-state index is 12.7. The third-order valence-corrected chi connectivity index (χ3v) is 7.22. The topological polar surface area (TPSA) is 67.9 Å². The van der Waals surface area contributed by atoms with E-state index in [0.717, 1.165) is 17.5 Å². The van der Waals surface area contributed by atoms with E-state index >= 15 is 0 Å². The van der Waals surface area contributed by atoms with E-state index in [1.807, 2.05) is 26.8 Å². The number of rotatable bonds is 9. The Bertz CT molecular complexity index is 1160. The monoisotopic (exact) mass is 582 g/mol. The highest BCUT2D eigenvalue weighted by atomic mass is 79.9. The third-order valence-electron chi connectivity index (χ3n) is 4.84. The van der Waals surface area contributed by atoms with Crippen LogP contribution in [-0.4, -0.2) is 40.8 Å². The van der Waals surface area contributed by atoms with E-state index in [0.29, 0.717) is 49.1 Å². The number of benzene rings is 2. The largest absolute Gasteiger partial charge is 0.490 e. The Morgan fingerprint density at radius 2 is 2.06 bits per heavy atom. The summed E-state index contributed by atoms with van der Waals surface area (Å²) >= 11 is 16.2. The Morgan fingerprint density at radius 3 is 2.76 bits per heavy atom. The van der Waals surface area contributed by atoms with Gasteiger partial charge in [-0.05, 0) is 77.7 Å². The van der Waals surface area contributed by atoms with Crippen LogP contribution in [0.25, 0.3) is 6.08 Å². The highest BCUT2D eigenvalue weighted by Gasteiger charge is 2.31. The molecule has 0 aliphatic carbocycles. The molecule has 6 nitrogen and oxygen atoms in total. The lowest BCUT2D eigenvalue weighted by Crippen LogP contribution is -2.28. The molecule has 3 rings (SSSR count). The molecule has 2 amide bonds. The number of carbonyl (C=O) groups is 2. The molecule has 10 heteroatoms. The van der Waals surface area contributed by atoms with E-state index in [9.17, 15) is 9.59 Å². The van der Waals surface area contributed by atoms with E-state index in [1.54, 1.807) is 35.2 Å². The summed E-state index contributed by atoms with van der Waals surface area (Å²) in [7, 11) is 0. The first kappa shape index (κ1) is 26.5. The SMILES string of the molecule is CCCN1C(=O)/C(=C/c2cc(Br)c(OCC(=O)Nc3cccc(Cl)c3C)c(OCC)c2)SC1=S. The van der Waals surface area contributed by atoms with Gasteiger partial charge < -0.3 is 14.8 Å². The molecule has 1 N–H and O–H groups in total. The number of nitrogens with one attached hydrogen (secondary N) is 1. The third kappa shape index (κ3) is 6.33. The van der Waals surface area contributed by atoms with Crippen molar-refractivity contribution in [2.24, 2.45) is 0 Å². The van der Waals surface area contributed by atoms with Gasteiger partial charge in [0.25, 0.3) is 11.8 Å². The number of hydrogen-bond donors (Lipinski definition) is 1. The molecule has 180 valence electrons. The second-order valence-electron chi connectivity index (χ2n) is 7.35. The average Bonchev–Trinajstić information content (AvgIpc) is 3.04. The van der Waals surface area contributed by atoms with Gasteiger partial charge in [0.05, 0.1) is 16.0 Å². The Labute approximate surface area is 222 Å². The number of ether oxygens (including phenoxy) is 2. The van der Waals surface area contributed by atoms with Gasteiger partial charge in [-0.3, -0.25) is 14.5 Å². The molecule has 0 atom stereocenters. The normalized spacial score (nSPS) is 14.6. The van der Waals surface area contributed by atoms with Crippen LogP contribution in [0.4, 0.5) is 5.69 Å². The Morgan fingerprint density at radius 1 is 1.29 bits per heavy atom. The van der Waals surface area contributed by atoms with Crippen LogP contribution in [0.5, 0.6) is 11.5 Å². The molecule has 1 fully saturated rings. The summed E-state index contributed by atoms with van der Waals surface area (Å²) in [5.41, 5.74) is 2.15. The number of carbonyl (C=O) groups excluding carboxylic acids is 2. The highest BCUT2D eigenvalue weighted by Crippen LogP contribution is 2.39. The van der Waals surface area contributed by atoms with E-state index < -0.39 is 0 Å². The minimum absolute atomic E-state index is 0.0979. The first-order valence-corrected chi connectivity index (χ1v) is 13.0. The zero-order chi connectivity index (χ0) is 24.8. The number of halogens is 2. The van der Waals surface area contributed by atoms with Crippen LogP contribution in [0, 0.1) is 6.92 Å². The summed E-state index contributed by atoms with van der Waals surface area (Å²) in [5, 5.41) is 3.38. The predicted molar refractivity (Wildman–Crippen MR) is 146 cm³/mol. The number of anilines is 1. The van der Waals surface area contributed by atoms with Crippen LogP contribution in [0.2, 0.25) is 5.02 Å². The fourth-order valence-corrected chi connectivity index (χ4v) is 5.27. The van der Waals surface area contributed by atoms with Crippen molar-refractivity contribution in [3.63, 3.8) is 0 Å². The maximum Gasteiger partial charge on any atom is 0.266 e. The number of nitrogens with zero attached hydrogens (tertiary/aromatic N) is 1. The first-order chi connectivity index (χ1) is 16.2. The molecule has 1 aliphatic heterocycles. The molecular weight excluding hydrogens is 560 g/mol. The van der Waals surface area contributed by atoms with Crippen molar-refractivity contribution in [1.29, 1.82) is 0 Å². The lowest BCUT2D eigenvalue weighted by Gasteiger charge is -2.15. The lowest BCUT2D eigenvalue weighted by atomic mass is 10.1. The van der Waals surface area contributed by atoms with Crippen molar-refractivity contribution < 1.29 is 19.1 Å². The van der Waals surface area contributed by atoms with Gasteiger partial charge in [0.15, 0.2) is 18.1 Å². The second kappa shape index (κ2) is 12.1. The molecule has 0 spiro atoms. The van der Waals surface area contributed by atoms with Crippen LogP contribution >= 0.6 is 51.5 Å². The number of amides is 2. The Balaban J connectivity index is 1.77. The number of thiocarbonyl (C=S) groups is 1. The summed E-state index contributed by atoms with van der Waals surface area (Å²) in [6.45, 7) is 6.47. The fourth-order valence-electron chi connectivity index (χ4n) is 3.21. The summed E-state index contributed by atoms with van der Waals surface area (Å²) < 4.78 is 12.7. The molecule has 34 heavy (non-hydrogen) atoms. The summed E-state index contributed by atoms with van der Waals surface area (Å²) in [6, 6.07) is 8.89. The lowest BCUT2D eigenvalue weighted by molar-refractivity contribution is -0.122. The van der Waals surface area contributed by atoms with Crippen LogP contribution in [-0.2, 0) is 9.59 Å². The van der Waals surface area contributed by atoms with Crippen molar-refractivity contribution in [1.82, 2.24) is 4.90 Å². The zero-order valence-corrected chi connectivity index (χ0v) is 22.9. The van der Waals surface area contributed by atoms with E-state index in [1.165, 1.54) is 11.8 Å². The predicted octanol–water partition coefficient (Wildman–Crippen LogP) is 6.44. The van der Waals surface area contributed by atoms with E-state index in [4.69, 9.17) is 33.3 Å². The van der Waals surface area contributed by atoms with Gasteiger partial charge in [-0.25, -0.2) is 0 Å². The van der Waals surface area contributed by atoms with Crippen molar-refractivity contribution in [2.75, 3.05) is 25.1 Å². The summed E-state index contributed by atoms with van der Waals surface area (Å²) in [4.78, 5) is 27.3. The van der Waals surface area contributed by atoms with Crippen molar-refractivity contribution in [3.05, 3.63) is 55.9 Å². The van der Waals surface area contributed by atoms with Gasteiger partial charge in [0, 0.05) is 17.3 Å². The molecule has 1 heterocycles. The van der Waals surface area contributed by atoms with Crippen molar-refractivity contribution >= 4 is 79.4 Å². The minimum atomic E-state index is -0.330. The zero-order valence-electron chi connectivity index (χ0n) is 18.9. The molecule has 0 unspecified atom stereocenters. The Hall–Kier alpha value is -2.07. The van der Waals surface area contributed by atoms with Gasteiger partial charge in [-0.1, -0.05) is 48.6 Å². The standard InChI is InChI=1S/C24H24BrClN2O4S2/c1-4-9-28-23(30)20(34-24(28)33)12-15-10-16(25)22(19(11-15)31-5-2)32-13-21(29)27-18-8-6-7-17(26)14(18)3/h6-8,10-12H,4-5,9,13H2,1-3H3,(H,27,29)/b20-12-. The van der Waals surface area contributed by atoms with Gasteiger partial charge in [0.2, 0.25) is 0 Å². The summed E-state index contributed by atoms with van der Waals surface area (Å²) in [5.74, 6) is 0.428. The molecule has 1 aliphatic rings. The van der Waals surface area contributed by atoms with Crippen molar-refractivity contribution in [3.8, 4) is 11.5 Å². The molecule has 2 aromatic carbocycles. The number of thioether (sulfide) groups is 1. The van der Waals surface area contributed by atoms with Gasteiger partial charge >= 0.3 is 0 Å². The number of hydrogen-bond acceptors (Lipinski definition) is 6. The van der Waals surface area contributed by atoms with Gasteiger partial charge in [-0.15, -0.1) is 0 Å². The molecular formula is C24H24BrClN2O4S2. The molecule has 1 saturated heterocycles. The van der Waals surface area contributed by atoms with Crippen LogP contribution in [0.15, 0.2) is 39.7 Å². The smallest absolute Gasteiger partial charge is 0.266 e. The highest BCUT2D eigenvalue weighted by molar-refractivity contribution is 9.10.